The zero-order chi connectivity index (χ0) is 19.7. The number of hydrogen-bond donors (Lipinski definition) is 2. The predicted octanol–water partition coefficient (Wildman–Crippen LogP) is 3.07. The maximum absolute atomic E-state index is 12.7. The number of rotatable bonds is 6. The molecule has 0 unspecified atom stereocenters. The minimum Gasteiger partial charge on any atom is -0.351 e. The molecule has 3 aromatic rings. The van der Waals surface area contributed by atoms with Gasteiger partial charge in [0.1, 0.15) is 0 Å². The number of pyridine rings is 1. The highest BCUT2D eigenvalue weighted by molar-refractivity contribution is 5.95. The number of carbonyl (C=O) groups excluding carboxylic acids is 1. The molecule has 1 aliphatic carbocycles. The van der Waals surface area contributed by atoms with Crippen molar-refractivity contribution in [2.24, 2.45) is 5.41 Å². The van der Waals surface area contributed by atoms with E-state index in [4.69, 9.17) is 0 Å². The van der Waals surface area contributed by atoms with Crippen molar-refractivity contribution in [3.05, 3.63) is 75.8 Å². The fraction of sp³-hybridized carbons (Fsp3) is 0.318. The zero-order valence-electron chi connectivity index (χ0n) is 16.2. The molecular weight excluding hydrogens is 352 g/mol. The first kappa shape index (κ1) is 18.2. The van der Waals surface area contributed by atoms with Crippen molar-refractivity contribution >= 4 is 5.91 Å². The average molecular weight is 376 g/mol. The van der Waals surface area contributed by atoms with Crippen LogP contribution < -0.4 is 10.9 Å². The molecule has 1 aliphatic rings. The highest BCUT2D eigenvalue weighted by Crippen LogP contribution is 2.46. The molecule has 0 spiro atoms. The maximum Gasteiger partial charge on any atom is 0.251 e. The quantitative estimate of drug-likeness (QED) is 0.694. The Morgan fingerprint density at radius 1 is 1.18 bits per heavy atom. The van der Waals surface area contributed by atoms with Crippen molar-refractivity contribution in [1.82, 2.24) is 20.1 Å². The first-order valence-electron chi connectivity index (χ1n) is 9.53. The number of H-pyrrole nitrogens is 1. The highest BCUT2D eigenvalue weighted by Gasteiger charge is 2.43. The van der Waals surface area contributed by atoms with Gasteiger partial charge in [-0.1, -0.05) is 18.2 Å². The molecule has 0 atom stereocenters. The van der Waals surface area contributed by atoms with Crippen LogP contribution in [0.25, 0.3) is 11.3 Å². The van der Waals surface area contributed by atoms with Crippen molar-refractivity contribution in [3.8, 4) is 11.3 Å². The van der Waals surface area contributed by atoms with Crippen molar-refractivity contribution in [2.45, 2.75) is 33.2 Å². The van der Waals surface area contributed by atoms with Crippen LogP contribution in [0.1, 0.15) is 34.6 Å². The van der Waals surface area contributed by atoms with Crippen molar-refractivity contribution < 1.29 is 4.79 Å². The summed E-state index contributed by atoms with van der Waals surface area (Å²) in [7, 11) is 0. The maximum atomic E-state index is 12.7. The second-order valence-electron chi connectivity index (χ2n) is 7.78. The average Bonchev–Trinajstić information content (AvgIpc) is 3.38. The fourth-order valence-electron chi connectivity index (χ4n) is 3.53. The van der Waals surface area contributed by atoms with E-state index in [1.807, 2.05) is 29.8 Å². The summed E-state index contributed by atoms with van der Waals surface area (Å²) in [5.74, 6) is -0.0974. The lowest BCUT2D eigenvalue weighted by Crippen LogP contribution is -2.32. The van der Waals surface area contributed by atoms with Crippen LogP contribution in [0.15, 0.2) is 53.3 Å². The van der Waals surface area contributed by atoms with E-state index in [-0.39, 0.29) is 16.9 Å². The molecule has 1 saturated carbocycles. The highest BCUT2D eigenvalue weighted by atomic mass is 16.1. The minimum absolute atomic E-state index is 0.0974. The Labute approximate surface area is 163 Å². The number of aromatic amines is 1. The summed E-state index contributed by atoms with van der Waals surface area (Å²) >= 11 is 0. The molecule has 28 heavy (non-hydrogen) atoms. The van der Waals surface area contributed by atoms with Crippen LogP contribution in [-0.2, 0) is 6.54 Å². The van der Waals surface area contributed by atoms with Crippen molar-refractivity contribution in [1.29, 1.82) is 0 Å². The smallest absolute Gasteiger partial charge is 0.251 e. The van der Waals surface area contributed by atoms with Crippen LogP contribution >= 0.6 is 0 Å². The van der Waals surface area contributed by atoms with Gasteiger partial charge in [-0.25, -0.2) is 0 Å². The van der Waals surface area contributed by atoms with Crippen LogP contribution in [0.4, 0.5) is 0 Å². The predicted molar refractivity (Wildman–Crippen MR) is 108 cm³/mol. The number of nitrogens with one attached hydrogen (secondary N) is 2. The summed E-state index contributed by atoms with van der Waals surface area (Å²) in [5.41, 5.74) is 4.21. The molecule has 2 aromatic heterocycles. The first-order chi connectivity index (χ1) is 13.4. The molecule has 0 saturated heterocycles. The van der Waals surface area contributed by atoms with E-state index in [0.717, 1.165) is 36.3 Å². The van der Waals surface area contributed by atoms with Gasteiger partial charge in [-0.15, -0.1) is 0 Å². The number of carbonyl (C=O) groups is 1. The summed E-state index contributed by atoms with van der Waals surface area (Å²) in [6.07, 6.45) is 2.19. The van der Waals surface area contributed by atoms with Crippen LogP contribution in [0.2, 0.25) is 0 Å². The van der Waals surface area contributed by atoms with E-state index < -0.39 is 0 Å². The van der Waals surface area contributed by atoms with E-state index in [0.29, 0.717) is 17.8 Å². The Balaban J connectivity index is 1.43. The molecule has 2 heterocycles. The molecule has 1 aromatic carbocycles. The molecule has 6 nitrogen and oxygen atoms in total. The van der Waals surface area contributed by atoms with Gasteiger partial charge in [0.05, 0.1) is 5.69 Å². The van der Waals surface area contributed by atoms with Gasteiger partial charge in [-0.3, -0.25) is 14.3 Å². The molecule has 0 bridgehead atoms. The van der Waals surface area contributed by atoms with Crippen LogP contribution in [0, 0.1) is 19.3 Å². The Morgan fingerprint density at radius 2 is 1.96 bits per heavy atom. The summed E-state index contributed by atoms with van der Waals surface area (Å²) < 4.78 is 2.04. The summed E-state index contributed by atoms with van der Waals surface area (Å²) in [6.45, 7) is 5.53. The van der Waals surface area contributed by atoms with Gasteiger partial charge in [0.25, 0.3) is 5.91 Å². The van der Waals surface area contributed by atoms with E-state index in [9.17, 15) is 9.59 Å². The van der Waals surface area contributed by atoms with Gasteiger partial charge in [0.2, 0.25) is 5.56 Å². The third-order valence-corrected chi connectivity index (χ3v) is 5.37. The topological polar surface area (TPSA) is 79.8 Å². The third-order valence-electron chi connectivity index (χ3n) is 5.37. The summed E-state index contributed by atoms with van der Waals surface area (Å²) in [5, 5.41) is 7.63. The lowest BCUT2D eigenvalue weighted by atomic mass is 10.1. The van der Waals surface area contributed by atoms with E-state index in [1.165, 1.54) is 6.07 Å². The van der Waals surface area contributed by atoms with Crippen molar-refractivity contribution in [3.63, 3.8) is 0 Å². The SMILES string of the molecule is Cc1cc(C)n(CC2(CNC(=O)c3cccc(-c4cccc(=O)[nH]4)c3)CC2)n1. The molecule has 1 amide bonds. The van der Waals surface area contributed by atoms with E-state index in [2.05, 4.69) is 28.4 Å². The van der Waals surface area contributed by atoms with Crippen LogP contribution in [-0.4, -0.2) is 27.2 Å². The number of aryl methyl sites for hydroxylation is 2. The summed E-state index contributed by atoms with van der Waals surface area (Å²) in [6, 6.07) is 14.4. The normalized spacial score (nSPS) is 14.6. The summed E-state index contributed by atoms with van der Waals surface area (Å²) in [4.78, 5) is 27.0. The van der Waals surface area contributed by atoms with Gasteiger partial charge in [0.15, 0.2) is 0 Å². The molecule has 2 N–H and O–H groups in total. The lowest BCUT2D eigenvalue weighted by molar-refractivity contribution is 0.0942. The van der Waals surface area contributed by atoms with E-state index in [1.54, 1.807) is 18.2 Å². The largest absolute Gasteiger partial charge is 0.351 e. The molecule has 0 aliphatic heterocycles. The number of amides is 1. The van der Waals surface area contributed by atoms with E-state index >= 15 is 0 Å². The molecule has 4 rings (SSSR count). The van der Waals surface area contributed by atoms with Gasteiger partial charge in [0, 0.05) is 41.5 Å². The Hall–Kier alpha value is -3.15. The number of nitrogens with zero attached hydrogens (tertiary/aromatic N) is 2. The molecule has 144 valence electrons. The number of hydrogen-bond acceptors (Lipinski definition) is 3. The molecule has 1 fully saturated rings. The van der Waals surface area contributed by atoms with Gasteiger partial charge in [-0.2, -0.15) is 5.10 Å². The minimum atomic E-state index is -0.160. The monoisotopic (exact) mass is 376 g/mol. The van der Waals surface area contributed by atoms with Crippen molar-refractivity contribution in [2.75, 3.05) is 6.54 Å². The molecule has 0 radical (unpaired) electrons. The van der Waals surface area contributed by atoms with Gasteiger partial charge < -0.3 is 10.3 Å². The second-order valence-corrected chi connectivity index (χ2v) is 7.78. The molecular formula is C22H24N4O2. The Bertz CT molecular complexity index is 1080. The van der Waals surface area contributed by atoms with Gasteiger partial charge >= 0.3 is 0 Å². The van der Waals surface area contributed by atoms with Gasteiger partial charge in [-0.05, 0) is 56.5 Å². The lowest BCUT2D eigenvalue weighted by Gasteiger charge is -2.17. The first-order valence-corrected chi connectivity index (χ1v) is 9.53. The Morgan fingerprint density at radius 3 is 2.64 bits per heavy atom. The zero-order valence-corrected chi connectivity index (χ0v) is 16.2. The number of aromatic nitrogens is 3. The second kappa shape index (κ2) is 7.11. The fourth-order valence-corrected chi connectivity index (χ4v) is 3.53. The van der Waals surface area contributed by atoms with Crippen LogP contribution in [0.3, 0.4) is 0 Å². The Kier molecular flexibility index (Phi) is 4.63. The third kappa shape index (κ3) is 3.91. The standard InChI is InChI=1S/C22H24N4O2/c1-15-11-16(2)26(25-15)14-22(9-10-22)13-23-21(28)18-6-3-5-17(12-18)19-7-4-8-20(27)24-19/h3-8,11-12H,9-10,13-14H2,1-2H3,(H,23,28)(H,24,27). The molecule has 6 heteroatoms. The number of benzene rings is 1. The van der Waals surface area contributed by atoms with Crippen LogP contribution in [0.5, 0.6) is 0 Å².